The number of benzene rings is 1. The van der Waals surface area contributed by atoms with Gasteiger partial charge in [-0.25, -0.2) is 0 Å². The highest BCUT2D eigenvalue weighted by Crippen LogP contribution is 2.27. The van der Waals surface area contributed by atoms with Crippen LogP contribution in [-0.4, -0.2) is 29.4 Å². The van der Waals surface area contributed by atoms with E-state index in [9.17, 15) is 5.11 Å². The third-order valence-corrected chi connectivity index (χ3v) is 4.95. The first-order valence-corrected chi connectivity index (χ1v) is 8.46. The molecular weight excluding hydrogens is 286 g/mol. The van der Waals surface area contributed by atoms with Crippen molar-refractivity contribution in [1.82, 2.24) is 5.32 Å². The van der Waals surface area contributed by atoms with Crippen molar-refractivity contribution >= 4 is 11.6 Å². The van der Waals surface area contributed by atoms with Gasteiger partial charge in [-0.15, -0.1) is 0 Å². The van der Waals surface area contributed by atoms with Gasteiger partial charge in [0.15, 0.2) is 0 Å². The molecule has 1 aromatic carbocycles. The Hall–Kier alpha value is -0.770. The summed E-state index contributed by atoms with van der Waals surface area (Å²) in [4.78, 5) is 0. The molecule has 3 rings (SSSR count). The van der Waals surface area contributed by atoms with Crippen LogP contribution in [0.3, 0.4) is 0 Å². The molecule has 0 amide bonds. The van der Waals surface area contributed by atoms with E-state index in [1.165, 1.54) is 25.7 Å². The van der Waals surface area contributed by atoms with Crippen LogP contribution in [0.2, 0.25) is 5.02 Å². The maximum Gasteiger partial charge on any atom is 0.126 e. The minimum Gasteiger partial charge on any atom is -0.488 e. The predicted octanol–water partition coefficient (Wildman–Crippen LogP) is 3.53. The number of hydrogen-bond acceptors (Lipinski definition) is 3. The molecular formula is C17H24ClNO2. The summed E-state index contributed by atoms with van der Waals surface area (Å²) in [5.41, 5.74) is 0. The zero-order valence-corrected chi connectivity index (χ0v) is 13.1. The lowest BCUT2D eigenvalue weighted by molar-refractivity contribution is -0.0179. The van der Waals surface area contributed by atoms with Gasteiger partial charge in [0, 0.05) is 17.1 Å². The normalized spacial score (nSPS) is 30.5. The van der Waals surface area contributed by atoms with E-state index >= 15 is 0 Å². The number of aliphatic hydroxyl groups is 1. The Labute approximate surface area is 131 Å². The van der Waals surface area contributed by atoms with Gasteiger partial charge in [-0.05, 0) is 56.4 Å². The molecule has 3 atom stereocenters. The smallest absolute Gasteiger partial charge is 0.126 e. The van der Waals surface area contributed by atoms with Crippen molar-refractivity contribution in [1.29, 1.82) is 0 Å². The molecule has 0 bridgehead atoms. The molecule has 0 radical (unpaired) electrons. The van der Waals surface area contributed by atoms with Gasteiger partial charge in [0.1, 0.15) is 18.0 Å². The summed E-state index contributed by atoms with van der Waals surface area (Å²) in [6, 6.07) is 8.12. The largest absolute Gasteiger partial charge is 0.488 e. The van der Waals surface area contributed by atoms with Gasteiger partial charge in [0.25, 0.3) is 0 Å². The zero-order chi connectivity index (χ0) is 14.7. The lowest BCUT2D eigenvalue weighted by Gasteiger charge is -2.36. The highest BCUT2D eigenvalue weighted by molar-refractivity contribution is 6.30. The van der Waals surface area contributed by atoms with E-state index in [1.54, 1.807) is 0 Å². The third-order valence-electron chi connectivity index (χ3n) is 4.70. The van der Waals surface area contributed by atoms with Crippen molar-refractivity contribution in [3.8, 4) is 5.75 Å². The molecule has 0 heterocycles. The lowest BCUT2D eigenvalue weighted by Crippen LogP contribution is -2.53. The van der Waals surface area contributed by atoms with Crippen LogP contribution in [0.4, 0.5) is 0 Å². The molecule has 21 heavy (non-hydrogen) atoms. The monoisotopic (exact) mass is 309 g/mol. The fourth-order valence-electron chi connectivity index (χ4n) is 3.53. The van der Waals surface area contributed by atoms with Crippen LogP contribution in [0.5, 0.6) is 5.75 Å². The summed E-state index contributed by atoms with van der Waals surface area (Å²) in [7, 11) is 0. The van der Waals surface area contributed by atoms with Crippen LogP contribution in [0, 0.1) is 0 Å². The van der Waals surface area contributed by atoms with Crippen molar-refractivity contribution in [3.63, 3.8) is 0 Å². The molecule has 2 saturated carbocycles. The summed E-state index contributed by atoms with van der Waals surface area (Å²) in [6.07, 6.45) is 7.59. The van der Waals surface area contributed by atoms with Gasteiger partial charge in [0.05, 0.1) is 0 Å². The first-order chi connectivity index (χ1) is 10.2. The quantitative estimate of drug-likeness (QED) is 0.894. The summed E-state index contributed by atoms with van der Waals surface area (Å²) < 4.78 is 5.97. The second-order valence-electron chi connectivity index (χ2n) is 6.29. The number of ether oxygens (including phenoxy) is 1. The topological polar surface area (TPSA) is 41.5 Å². The predicted molar refractivity (Wildman–Crippen MR) is 84.9 cm³/mol. The Morgan fingerprint density at radius 1 is 1.00 bits per heavy atom. The first kappa shape index (κ1) is 15.1. The van der Waals surface area contributed by atoms with Crippen molar-refractivity contribution < 1.29 is 9.84 Å². The maximum atomic E-state index is 10.6. The standard InChI is InChI=1S/C17H24ClNO2/c18-12-8-10-14(11-9-12)21-16-7-3-6-15(17(16)20)19-13-4-1-2-5-13/h8-11,13,15-17,19-20H,1-7H2/t15-,16+,17+/m0/s1. The third kappa shape index (κ3) is 3.91. The number of aliphatic hydroxyl groups excluding tert-OH is 1. The molecule has 0 spiro atoms. The summed E-state index contributed by atoms with van der Waals surface area (Å²) in [6.45, 7) is 0. The van der Waals surface area contributed by atoms with E-state index in [0.29, 0.717) is 11.1 Å². The summed E-state index contributed by atoms with van der Waals surface area (Å²) in [5, 5.41) is 14.9. The fraction of sp³-hybridized carbons (Fsp3) is 0.647. The van der Waals surface area contributed by atoms with Crippen LogP contribution in [-0.2, 0) is 0 Å². The molecule has 2 aliphatic carbocycles. The van der Waals surface area contributed by atoms with Gasteiger partial charge in [-0.1, -0.05) is 24.4 Å². The van der Waals surface area contributed by atoms with E-state index in [2.05, 4.69) is 5.32 Å². The molecule has 0 aromatic heterocycles. The van der Waals surface area contributed by atoms with E-state index < -0.39 is 6.10 Å². The van der Waals surface area contributed by atoms with E-state index in [4.69, 9.17) is 16.3 Å². The van der Waals surface area contributed by atoms with Crippen molar-refractivity contribution in [3.05, 3.63) is 29.3 Å². The Kier molecular flexibility index (Phi) is 5.04. The van der Waals surface area contributed by atoms with Crippen LogP contribution in [0.25, 0.3) is 0 Å². The molecule has 3 nitrogen and oxygen atoms in total. The second-order valence-corrected chi connectivity index (χ2v) is 6.72. The van der Waals surface area contributed by atoms with E-state index in [0.717, 1.165) is 25.0 Å². The highest BCUT2D eigenvalue weighted by atomic mass is 35.5. The average Bonchev–Trinajstić information content (AvgIpc) is 2.99. The molecule has 116 valence electrons. The van der Waals surface area contributed by atoms with E-state index in [1.807, 2.05) is 24.3 Å². The number of hydrogen-bond donors (Lipinski definition) is 2. The second kappa shape index (κ2) is 6.99. The molecule has 0 aliphatic heterocycles. The Balaban J connectivity index is 1.58. The van der Waals surface area contributed by atoms with E-state index in [-0.39, 0.29) is 12.1 Å². The minimum absolute atomic E-state index is 0.126. The molecule has 2 fully saturated rings. The van der Waals surface area contributed by atoms with Gasteiger partial charge in [-0.2, -0.15) is 0 Å². The van der Waals surface area contributed by atoms with Crippen molar-refractivity contribution in [2.45, 2.75) is 69.2 Å². The number of rotatable bonds is 4. The highest BCUT2D eigenvalue weighted by Gasteiger charge is 2.34. The molecule has 2 N–H and O–H groups in total. The van der Waals surface area contributed by atoms with Crippen LogP contribution < -0.4 is 10.1 Å². The first-order valence-electron chi connectivity index (χ1n) is 8.09. The minimum atomic E-state index is -0.435. The van der Waals surface area contributed by atoms with Crippen molar-refractivity contribution in [2.24, 2.45) is 0 Å². The Morgan fingerprint density at radius 2 is 1.71 bits per heavy atom. The van der Waals surface area contributed by atoms with Crippen molar-refractivity contribution in [2.75, 3.05) is 0 Å². The molecule has 1 aromatic rings. The molecule has 4 heteroatoms. The van der Waals surface area contributed by atoms with Gasteiger partial charge in [0.2, 0.25) is 0 Å². The van der Waals surface area contributed by atoms with Crippen LogP contribution >= 0.6 is 11.6 Å². The Bertz CT molecular complexity index is 445. The fourth-order valence-corrected chi connectivity index (χ4v) is 3.66. The van der Waals surface area contributed by atoms with Crippen LogP contribution in [0.1, 0.15) is 44.9 Å². The number of nitrogens with one attached hydrogen (secondary N) is 1. The van der Waals surface area contributed by atoms with Gasteiger partial charge < -0.3 is 15.2 Å². The molecule has 0 saturated heterocycles. The molecule has 0 unspecified atom stereocenters. The Morgan fingerprint density at radius 3 is 2.43 bits per heavy atom. The van der Waals surface area contributed by atoms with Gasteiger partial charge in [-0.3, -0.25) is 0 Å². The molecule has 2 aliphatic rings. The summed E-state index contributed by atoms with van der Waals surface area (Å²) in [5.74, 6) is 0.782. The number of halogens is 1. The SMILES string of the molecule is O[C@@H]1[C@@H](NC2CCCC2)CCC[C@H]1Oc1ccc(Cl)cc1. The van der Waals surface area contributed by atoms with Gasteiger partial charge >= 0.3 is 0 Å². The average molecular weight is 310 g/mol. The lowest BCUT2D eigenvalue weighted by atomic mass is 9.89. The summed E-state index contributed by atoms with van der Waals surface area (Å²) >= 11 is 5.89. The maximum absolute atomic E-state index is 10.6. The van der Waals surface area contributed by atoms with Crippen LogP contribution in [0.15, 0.2) is 24.3 Å². The zero-order valence-electron chi connectivity index (χ0n) is 12.3.